The highest BCUT2D eigenvalue weighted by Crippen LogP contribution is 2.21. The van der Waals surface area contributed by atoms with Gasteiger partial charge in [0.2, 0.25) is 5.91 Å². The molecule has 1 aromatic heterocycles. The summed E-state index contributed by atoms with van der Waals surface area (Å²) >= 11 is 0. The molecule has 1 amide bonds. The van der Waals surface area contributed by atoms with Crippen LogP contribution in [0.25, 0.3) is 0 Å². The monoisotopic (exact) mass is 257 g/mol. The van der Waals surface area contributed by atoms with Gasteiger partial charge in [-0.3, -0.25) is 4.79 Å². The van der Waals surface area contributed by atoms with E-state index in [0.29, 0.717) is 12.8 Å². The van der Waals surface area contributed by atoms with Gasteiger partial charge in [0.05, 0.1) is 6.33 Å². The predicted octanol–water partition coefficient (Wildman–Crippen LogP) is 2.85. The molecular weight excluding hydrogens is 238 g/mol. The molecule has 2 N–H and O–H groups in total. The van der Waals surface area contributed by atoms with Gasteiger partial charge >= 0.3 is 0 Å². The molecule has 4 heteroatoms. The van der Waals surface area contributed by atoms with Gasteiger partial charge in [0.25, 0.3) is 0 Å². The first-order chi connectivity index (χ1) is 9.20. The second kappa shape index (κ2) is 6.18. The Morgan fingerprint density at radius 3 is 2.95 bits per heavy atom. The molecule has 0 unspecified atom stereocenters. The number of imidazole rings is 1. The van der Waals surface area contributed by atoms with E-state index in [9.17, 15) is 4.79 Å². The van der Waals surface area contributed by atoms with Crippen LogP contribution >= 0.6 is 0 Å². The molecule has 0 spiro atoms. The van der Waals surface area contributed by atoms with Crippen LogP contribution in [-0.2, 0) is 17.6 Å². The number of anilines is 1. The summed E-state index contributed by atoms with van der Waals surface area (Å²) in [6, 6.07) is 6.09. The Bertz CT molecular complexity index is 547. The van der Waals surface area contributed by atoms with E-state index >= 15 is 0 Å². The summed E-state index contributed by atoms with van der Waals surface area (Å²) in [7, 11) is 0. The quantitative estimate of drug-likeness (QED) is 0.865. The van der Waals surface area contributed by atoms with Gasteiger partial charge < -0.3 is 10.3 Å². The molecule has 0 saturated heterocycles. The maximum atomic E-state index is 12.0. The maximum Gasteiger partial charge on any atom is 0.224 e. The Morgan fingerprint density at radius 1 is 1.42 bits per heavy atom. The van der Waals surface area contributed by atoms with Crippen LogP contribution in [0.2, 0.25) is 0 Å². The average Bonchev–Trinajstić information content (AvgIpc) is 2.92. The molecule has 0 aliphatic heterocycles. The Labute approximate surface area is 113 Å². The molecule has 0 aliphatic rings. The molecule has 0 fully saturated rings. The van der Waals surface area contributed by atoms with Gasteiger partial charge in [0, 0.05) is 24.0 Å². The van der Waals surface area contributed by atoms with Crippen LogP contribution in [0.3, 0.4) is 0 Å². The van der Waals surface area contributed by atoms with E-state index < -0.39 is 0 Å². The number of benzene rings is 1. The molecule has 2 aromatic rings. The third-order valence-electron chi connectivity index (χ3n) is 3.18. The van der Waals surface area contributed by atoms with Gasteiger partial charge in [0.15, 0.2) is 0 Å². The minimum atomic E-state index is 0.0404. The topological polar surface area (TPSA) is 57.8 Å². The fourth-order valence-corrected chi connectivity index (χ4v) is 2.07. The van der Waals surface area contributed by atoms with Crippen molar-refractivity contribution >= 4 is 11.6 Å². The van der Waals surface area contributed by atoms with Crippen molar-refractivity contribution in [3.8, 4) is 0 Å². The molecule has 0 radical (unpaired) electrons. The molecule has 4 nitrogen and oxygen atoms in total. The second-order valence-corrected chi connectivity index (χ2v) is 4.59. The van der Waals surface area contributed by atoms with Crippen LogP contribution in [0.5, 0.6) is 0 Å². The molecule has 100 valence electrons. The summed E-state index contributed by atoms with van der Waals surface area (Å²) in [4.78, 5) is 18.9. The number of nitrogens with one attached hydrogen (secondary N) is 2. The van der Waals surface area contributed by atoms with Crippen LogP contribution in [-0.4, -0.2) is 15.9 Å². The summed E-state index contributed by atoms with van der Waals surface area (Å²) in [6.07, 6.45) is 5.43. The van der Waals surface area contributed by atoms with Gasteiger partial charge in [0.1, 0.15) is 0 Å². The van der Waals surface area contributed by atoms with E-state index in [1.165, 1.54) is 5.56 Å². The molecular formula is C15H19N3O. The zero-order valence-corrected chi connectivity index (χ0v) is 11.4. The first-order valence-electron chi connectivity index (χ1n) is 6.56. The van der Waals surface area contributed by atoms with Gasteiger partial charge in [-0.1, -0.05) is 25.1 Å². The number of amides is 1. The van der Waals surface area contributed by atoms with E-state index in [1.54, 1.807) is 12.5 Å². The van der Waals surface area contributed by atoms with Crippen molar-refractivity contribution in [1.29, 1.82) is 0 Å². The molecule has 0 bridgehead atoms. The van der Waals surface area contributed by atoms with Crippen LogP contribution < -0.4 is 5.32 Å². The Morgan fingerprint density at radius 2 is 2.26 bits per heavy atom. The Hall–Kier alpha value is -2.10. The summed E-state index contributed by atoms with van der Waals surface area (Å²) in [5.41, 5.74) is 4.22. The number of nitrogens with zero attached hydrogens (tertiary/aromatic N) is 1. The van der Waals surface area contributed by atoms with Crippen molar-refractivity contribution in [2.24, 2.45) is 0 Å². The number of para-hydroxylation sites is 1. The van der Waals surface area contributed by atoms with Gasteiger partial charge in [-0.15, -0.1) is 0 Å². The largest absolute Gasteiger partial charge is 0.348 e. The van der Waals surface area contributed by atoms with Gasteiger partial charge in [-0.05, 0) is 30.9 Å². The highest BCUT2D eigenvalue weighted by atomic mass is 16.1. The van der Waals surface area contributed by atoms with Crippen molar-refractivity contribution in [2.45, 2.75) is 33.1 Å². The van der Waals surface area contributed by atoms with Crippen LogP contribution in [0.15, 0.2) is 30.7 Å². The van der Waals surface area contributed by atoms with Crippen molar-refractivity contribution < 1.29 is 4.79 Å². The molecule has 19 heavy (non-hydrogen) atoms. The number of hydrogen-bond donors (Lipinski definition) is 2. The number of carbonyl (C=O) groups excluding carboxylic acids is 1. The molecule has 1 heterocycles. The van der Waals surface area contributed by atoms with E-state index in [2.05, 4.69) is 28.3 Å². The maximum absolute atomic E-state index is 12.0. The van der Waals surface area contributed by atoms with Gasteiger partial charge in [-0.25, -0.2) is 4.98 Å². The highest BCUT2D eigenvalue weighted by Gasteiger charge is 2.08. The lowest BCUT2D eigenvalue weighted by atomic mass is 10.1. The zero-order valence-electron chi connectivity index (χ0n) is 11.4. The molecule has 0 atom stereocenters. The summed E-state index contributed by atoms with van der Waals surface area (Å²) in [6.45, 7) is 4.11. The Balaban J connectivity index is 1.99. The predicted molar refractivity (Wildman–Crippen MR) is 76.1 cm³/mol. The highest BCUT2D eigenvalue weighted by molar-refractivity contribution is 5.92. The summed E-state index contributed by atoms with van der Waals surface area (Å²) in [5, 5.41) is 3.02. The normalized spacial score (nSPS) is 10.4. The number of carbonyl (C=O) groups is 1. The zero-order chi connectivity index (χ0) is 13.7. The standard InChI is InChI=1S/C15H19N3O/c1-3-12-6-4-5-11(2)15(12)18-14(19)8-7-13-9-16-10-17-13/h4-6,9-10H,3,7-8H2,1-2H3,(H,16,17)(H,18,19). The van der Waals surface area contributed by atoms with E-state index in [1.807, 2.05) is 19.1 Å². The number of H-pyrrole nitrogens is 1. The van der Waals surface area contributed by atoms with Crippen LogP contribution in [0.4, 0.5) is 5.69 Å². The molecule has 0 aliphatic carbocycles. The summed E-state index contributed by atoms with van der Waals surface area (Å²) in [5.74, 6) is 0.0404. The van der Waals surface area contributed by atoms with Crippen molar-refractivity contribution in [2.75, 3.05) is 5.32 Å². The number of hydrogen-bond acceptors (Lipinski definition) is 2. The smallest absolute Gasteiger partial charge is 0.224 e. The number of aromatic amines is 1. The van der Waals surface area contributed by atoms with E-state index in [-0.39, 0.29) is 5.91 Å². The van der Waals surface area contributed by atoms with Gasteiger partial charge in [-0.2, -0.15) is 0 Å². The molecule has 2 rings (SSSR count). The minimum Gasteiger partial charge on any atom is -0.348 e. The minimum absolute atomic E-state index is 0.0404. The van der Waals surface area contributed by atoms with E-state index in [4.69, 9.17) is 0 Å². The molecule has 0 saturated carbocycles. The van der Waals surface area contributed by atoms with Crippen molar-refractivity contribution in [1.82, 2.24) is 9.97 Å². The third kappa shape index (κ3) is 3.44. The lowest BCUT2D eigenvalue weighted by Crippen LogP contribution is -2.14. The number of rotatable bonds is 5. The van der Waals surface area contributed by atoms with Crippen molar-refractivity contribution in [3.05, 3.63) is 47.5 Å². The lowest BCUT2D eigenvalue weighted by molar-refractivity contribution is -0.116. The Kier molecular flexibility index (Phi) is 4.34. The first-order valence-corrected chi connectivity index (χ1v) is 6.56. The molecule has 1 aromatic carbocycles. The first kappa shape index (κ1) is 13.3. The third-order valence-corrected chi connectivity index (χ3v) is 3.18. The number of aromatic nitrogens is 2. The lowest BCUT2D eigenvalue weighted by Gasteiger charge is -2.12. The fourth-order valence-electron chi connectivity index (χ4n) is 2.07. The number of aryl methyl sites for hydroxylation is 3. The van der Waals surface area contributed by atoms with Crippen LogP contribution in [0.1, 0.15) is 30.2 Å². The van der Waals surface area contributed by atoms with Crippen molar-refractivity contribution in [3.63, 3.8) is 0 Å². The second-order valence-electron chi connectivity index (χ2n) is 4.59. The van der Waals surface area contributed by atoms with Crippen LogP contribution in [0, 0.1) is 6.92 Å². The van der Waals surface area contributed by atoms with E-state index in [0.717, 1.165) is 23.4 Å². The fraction of sp³-hybridized carbons (Fsp3) is 0.333. The SMILES string of the molecule is CCc1cccc(C)c1NC(=O)CCc1cnc[nH]1. The average molecular weight is 257 g/mol. The summed E-state index contributed by atoms with van der Waals surface area (Å²) < 4.78 is 0.